The molecular weight excluding hydrogens is 312 g/mol. The maximum Gasteiger partial charge on any atom is 0.233 e. The van der Waals surface area contributed by atoms with Gasteiger partial charge in [-0.25, -0.2) is 15.0 Å². The fourth-order valence-electron chi connectivity index (χ4n) is 4.12. The van der Waals surface area contributed by atoms with Gasteiger partial charge in [-0.3, -0.25) is 9.88 Å². The molecule has 2 aromatic rings. The minimum atomic E-state index is -1.11. The summed E-state index contributed by atoms with van der Waals surface area (Å²) >= 11 is 0. The van der Waals surface area contributed by atoms with Crippen LogP contribution in [0.25, 0.3) is 11.2 Å². The van der Waals surface area contributed by atoms with E-state index in [0.29, 0.717) is 23.0 Å². The number of aromatic nitrogens is 4. The standard InChI is InChI=1S/C15H20N6O3/c22-5-9-10-12(23)15(20-10,24-9)21-7-18-11-13(16-6-17-14(11)21)19-8-3-1-2-4-8/h6-10,12,20,22-23H,1-5H2,(H,16,17,19). The third-order valence-electron chi connectivity index (χ3n) is 5.41. The molecule has 4 N–H and O–H groups in total. The number of ether oxygens (including phenoxy) is 1. The molecule has 0 radical (unpaired) electrons. The Hall–Kier alpha value is -1.81. The van der Waals surface area contributed by atoms with Gasteiger partial charge in [0.05, 0.1) is 12.6 Å². The average molecular weight is 332 g/mol. The van der Waals surface area contributed by atoms with Crippen molar-refractivity contribution in [3.8, 4) is 0 Å². The summed E-state index contributed by atoms with van der Waals surface area (Å²) in [6, 6.07) is 0.148. The lowest BCUT2D eigenvalue weighted by Gasteiger charge is -2.43. The molecule has 0 spiro atoms. The van der Waals surface area contributed by atoms with Crippen molar-refractivity contribution in [1.29, 1.82) is 0 Å². The maximum absolute atomic E-state index is 10.4. The highest BCUT2D eigenvalue weighted by Crippen LogP contribution is 2.44. The zero-order chi connectivity index (χ0) is 16.3. The second-order valence-corrected chi connectivity index (χ2v) is 6.79. The second-order valence-electron chi connectivity index (χ2n) is 6.79. The molecule has 9 nitrogen and oxygen atoms in total. The van der Waals surface area contributed by atoms with E-state index in [1.807, 2.05) is 0 Å². The highest BCUT2D eigenvalue weighted by Gasteiger charge is 2.67. The number of imidazole rings is 1. The zero-order valence-electron chi connectivity index (χ0n) is 13.1. The Bertz CT molecular complexity index is 776. The van der Waals surface area contributed by atoms with E-state index in [1.54, 1.807) is 10.9 Å². The third-order valence-corrected chi connectivity index (χ3v) is 5.41. The zero-order valence-corrected chi connectivity index (χ0v) is 13.1. The van der Waals surface area contributed by atoms with E-state index < -0.39 is 18.1 Å². The highest BCUT2D eigenvalue weighted by molar-refractivity contribution is 5.83. The lowest BCUT2D eigenvalue weighted by Crippen LogP contribution is -2.70. The molecule has 4 unspecified atom stereocenters. The predicted octanol–water partition coefficient (Wildman–Crippen LogP) is -0.485. The van der Waals surface area contributed by atoms with Crippen LogP contribution in [0.5, 0.6) is 0 Å². The van der Waals surface area contributed by atoms with Gasteiger partial charge in [0.15, 0.2) is 17.0 Å². The van der Waals surface area contributed by atoms with Gasteiger partial charge < -0.3 is 20.3 Å². The monoisotopic (exact) mass is 332 g/mol. The van der Waals surface area contributed by atoms with Crippen LogP contribution in [0, 0.1) is 0 Å². The Kier molecular flexibility index (Phi) is 3.08. The molecule has 0 amide bonds. The minimum absolute atomic E-state index is 0.146. The van der Waals surface area contributed by atoms with E-state index in [-0.39, 0.29) is 12.6 Å². The number of nitrogens with zero attached hydrogens (tertiary/aromatic N) is 4. The summed E-state index contributed by atoms with van der Waals surface area (Å²) in [5.41, 5.74) is 1.25. The second kappa shape index (κ2) is 5.09. The smallest absolute Gasteiger partial charge is 0.233 e. The minimum Gasteiger partial charge on any atom is -0.394 e. The molecule has 1 saturated carbocycles. The molecule has 4 aliphatic rings. The van der Waals surface area contributed by atoms with E-state index in [2.05, 4.69) is 25.6 Å². The third kappa shape index (κ3) is 1.80. The first kappa shape index (κ1) is 14.5. The van der Waals surface area contributed by atoms with Gasteiger partial charge in [0.2, 0.25) is 5.85 Å². The van der Waals surface area contributed by atoms with Crippen LogP contribution < -0.4 is 10.6 Å². The number of rotatable bonds is 4. The molecule has 3 aliphatic heterocycles. The Morgan fingerprint density at radius 2 is 2.17 bits per heavy atom. The van der Waals surface area contributed by atoms with Gasteiger partial charge >= 0.3 is 0 Å². The van der Waals surface area contributed by atoms with Crippen molar-refractivity contribution in [1.82, 2.24) is 24.8 Å². The highest BCUT2D eigenvalue weighted by atomic mass is 16.6. The van der Waals surface area contributed by atoms with Crippen LogP contribution in [-0.4, -0.2) is 60.6 Å². The molecule has 9 heteroatoms. The molecule has 24 heavy (non-hydrogen) atoms. The number of hydrogen-bond donors (Lipinski definition) is 4. The van der Waals surface area contributed by atoms with Crippen molar-refractivity contribution in [2.45, 2.75) is 55.8 Å². The molecule has 0 aromatic carbocycles. The lowest BCUT2D eigenvalue weighted by atomic mass is 9.96. The van der Waals surface area contributed by atoms with E-state index in [0.717, 1.165) is 12.8 Å². The first-order valence-corrected chi connectivity index (χ1v) is 8.42. The molecule has 6 rings (SSSR count). The molecule has 2 aromatic heterocycles. The molecule has 4 fully saturated rings. The summed E-state index contributed by atoms with van der Waals surface area (Å²) < 4.78 is 7.54. The van der Waals surface area contributed by atoms with E-state index >= 15 is 0 Å². The van der Waals surface area contributed by atoms with Gasteiger partial charge in [-0.1, -0.05) is 12.8 Å². The molecule has 5 heterocycles. The number of aliphatic hydroxyl groups excluding tert-OH is 2. The normalized spacial score (nSPS) is 35.5. The van der Waals surface area contributed by atoms with Gasteiger partial charge in [-0.2, -0.15) is 0 Å². The number of nitrogens with one attached hydrogen (secondary N) is 2. The topological polar surface area (TPSA) is 117 Å². The van der Waals surface area contributed by atoms with Crippen molar-refractivity contribution in [2.24, 2.45) is 0 Å². The van der Waals surface area contributed by atoms with Crippen molar-refractivity contribution in [2.75, 3.05) is 11.9 Å². The Balaban J connectivity index is 1.52. The van der Waals surface area contributed by atoms with Gasteiger partial charge in [-0.05, 0) is 12.8 Å². The maximum atomic E-state index is 10.4. The first-order chi connectivity index (χ1) is 11.7. The number of anilines is 1. The van der Waals surface area contributed by atoms with Gasteiger partial charge in [0, 0.05) is 6.04 Å². The van der Waals surface area contributed by atoms with E-state index in [4.69, 9.17) is 4.74 Å². The fraction of sp³-hybridized carbons (Fsp3) is 0.667. The first-order valence-electron chi connectivity index (χ1n) is 8.42. The average Bonchev–Trinajstić information content (AvgIpc) is 3.35. The molecule has 4 atom stereocenters. The molecule has 128 valence electrons. The molecule has 1 aliphatic carbocycles. The van der Waals surface area contributed by atoms with Crippen LogP contribution in [0.3, 0.4) is 0 Å². The van der Waals surface area contributed by atoms with E-state index in [9.17, 15) is 10.2 Å². The van der Waals surface area contributed by atoms with E-state index in [1.165, 1.54) is 19.2 Å². The Morgan fingerprint density at radius 3 is 2.88 bits per heavy atom. The summed E-state index contributed by atoms with van der Waals surface area (Å²) in [5, 5.41) is 26.4. The van der Waals surface area contributed by atoms with Crippen LogP contribution in [0.15, 0.2) is 12.7 Å². The lowest BCUT2D eigenvalue weighted by molar-refractivity contribution is -0.184. The SMILES string of the molecule is OCC1OC2(n3cnc4c(NC5CCCC5)ncnc43)NC1C2O. The summed E-state index contributed by atoms with van der Waals surface area (Å²) in [6.07, 6.45) is 6.65. The predicted molar refractivity (Wildman–Crippen MR) is 84.1 cm³/mol. The molecule has 2 bridgehead atoms. The van der Waals surface area contributed by atoms with Crippen molar-refractivity contribution in [3.05, 3.63) is 12.7 Å². The Labute approximate surface area is 138 Å². The van der Waals surface area contributed by atoms with Crippen molar-refractivity contribution >= 4 is 17.0 Å². The fourth-order valence-corrected chi connectivity index (χ4v) is 4.12. The van der Waals surface area contributed by atoms with Gasteiger partial charge in [0.1, 0.15) is 24.9 Å². The van der Waals surface area contributed by atoms with Gasteiger partial charge in [0.25, 0.3) is 0 Å². The number of aliphatic hydroxyl groups is 2. The Morgan fingerprint density at radius 1 is 1.33 bits per heavy atom. The van der Waals surface area contributed by atoms with Crippen LogP contribution >= 0.6 is 0 Å². The van der Waals surface area contributed by atoms with Crippen molar-refractivity contribution in [3.63, 3.8) is 0 Å². The number of fused-ring (bicyclic) bond motifs is 2. The summed E-state index contributed by atoms with van der Waals surface area (Å²) in [6.45, 7) is -0.146. The molecular formula is C15H20N6O3. The van der Waals surface area contributed by atoms with Crippen molar-refractivity contribution < 1.29 is 14.9 Å². The summed E-state index contributed by atoms with van der Waals surface area (Å²) in [4.78, 5) is 13.1. The van der Waals surface area contributed by atoms with Crippen LogP contribution in [0.1, 0.15) is 25.7 Å². The largest absolute Gasteiger partial charge is 0.394 e. The van der Waals surface area contributed by atoms with Crippen LogP contribution in [-0.2, 0) is 10.6 Å². The summed E-state index contributed by atoms with van der Waals surface area (Å²) in [7, 11) is 0. The number of hydrogen-bond acceptors (Lipinski definition) is 8. The quantitative estimate of drug-likeness (QED) is 0.593. The molecule has 3 saturated heterocycles. The van der Waals surface area contributed by atoms with Crippen LogP contribution in [0.2, 0.25) is 0 Å². The van der Waals surface area contributed by atoms with Gasteiger partial charge in [-0.15, -0.1) is 0 Å². The summed E-state index contributed by atoms with van der Waals surface area (Å²) in [5.74, 6) is -0.393. The van der Waals surface area contributed by atoms with Crippen LogP contribution in [0.4, 0.5) is 5.82 Å².